The van der Waals surface area contributed by atoms with Crippen LogP contribution in [0.4, 0.5) is 0 Å². The highest BCUT2D eigenvalue weighted by atomic mass is 35.5. The molecule has 1 aromatic heterocycles. The van der Waals surface area contributed by atoms with Gasteiger partial charge in [0.15, 0.2) is 4.77 Å². The Balaban J connectivity index is 2.23. The van der Waals surface area contributed by atoms with Gasteiger partial charge in [-0.1, -0.05) is 31.0 Å². The Morgan fingerprint density at radius 2 is 2.00 bits per heavy atom. The summed E-state index contributed by atoms with van der Waals surface area (Å²) in [5, 5.41) is 11.3. The zero-order valence-electron chi connectivity index (χ0n) is 16.7. The van der Waals surface area contributed by atoms with Crippen LogP contribution in [0.3, 0.4) is 0 Å². The lowest BCUT2D eigenvalue weighted by atomic mass is 9.96. The Labute approximate surface area is 175 Å². The SMILES string of the molecule is COC(C)(C)CCCC(C)C=Cc1c(O)n(-c2ccc(Cl)cc2)c(=S)[nH]c1=O. The van der Waals surface area contributed by atoms with Crippen LogP contribution in [-0.4, -0.2) is 27.4 Å². The quantitative estimate of drug-likeness (QED) is 0.551. The second kappa shape index (κ2) is 9.54. The van der Waals surface area contributed by atoms with Crippen LogP contribution in [0.5, 0.6) is 5.88 Å². The minimum Gasteiger partial charge on any atom is -0.494 e. The Morgan fingerprint density at radius 1 is 1.36 bits per heavy atom. The number of rotatable bonds is 8. The molecule has 0 aliphatic heterocycles. The van der Waals surface area contributed by atoms with E-state index in [1.54, 1.807) is 37.5 Å². The Kier molecular flexibility index (Phi) is 7.63. The summed E-state index contributed by atoms with van der Waals surface area (Å²) in [6, 6.07) is 6.85. The number of aromatic hydroxyl groups is 1. The molecule has 1 unspecified atom stereocenters. The first-order valence-electron chi connectivity index (χ1n) is 9.22. The van der Waals surface area contributed by atoms with Crippen molar-refractivity contribution in [2.45, 2.75) is 45.6 Å². The minimum atomic E-state index is -0.420. The topological polar surface area (TPSA) is 67.2 Å². The Hall–Kier alpha value is -1.89. The average Bonchev–Trinajstić information content (AvgIpc) is 2.62. The molecule has 0 saturated carbocycles. The van der Waals surface area contributed by atoms with E-state index in [1.807, 2.05) is 6.08 Å². The summed E-state index contributed by atoms with van der Waals surface area (Å²) >= 11 is 11.1. The number of H-pyrrole nitrogens is 1. The number of nitrogens with zero attached hydrogens (tertiary/aromatic N) is 1. The van der Waals surface area contributed by atoms with Crippen molar-refractivity contribution in [2.75, 3.05) is 7.11 Å². The number of nitrogens with one attached hydrogen (secondary N) is 1. The number of benzene rings is 1. The number of methoxy groups -OCH3 is 1. The maximum absolute atomic E-state index is 12.3. The number of aromatic nitrogens is 2. The van der Waals surface area contributed by atoms with Crippen LogP contribution in [0.25, 0.3) is 11.8 Å². The van der Waals surface area contributed by atoms with Crippen LogP contribution >= 0.6 is 23.8 Å². The molecule has 0 radical (unpaired) electrons. The van der Waals surface area contributed by atoms with Gasteiger partial charge in [-0.05, 0) is 75.2 Å². The fourth-order valence-corrected chi connectivity index (χ4v) is 3.24. The van der Waals surface area contributed by atoms with E-state index in [2.05, 4.69) is 25.8 Å². The first-order chi connectivity index (χ1) is 13.1. The zero-order chi connectivity index (χ0) is 20.9. The summed E-state index contributed by atoms with van der Waals surface area (Å²) in [6.45, 7) is 6.21. The molecule has 0 bridgehead atoms. The summed E-state index contributed by atoms with van der Waals surface area (Å²) in [4.78, 5) is 14.9. The van der Waals surface area contributed by atoms with Crippen LogP contribution in [-0.2, 0) is 4.74 Å². The molecule has 0 aliphatic rings. The molecular weight excluding hydrogens is 396 g/mol. The number of hydrogen-bond donors (Lipinski definition) is 2. The van der Waals surface area contributed by atoms with Crippen LogP contribution < -0.4 is 5.56 Å². The summed E-state index contributed by atoms with van der Waals surface area (Å²) in [5.74, 6) is 0.0543. The lowest BCUT2D eigenvalue weighted by Gasteiger charge is -2.23. The Bertz CT molecular complexity index is 946. The molecule has 0 spiro atoms. The normalized spacial score (nSPS) is 13.2. The van der Waals surface area contributed by atoms with Crippen molar-refractivity contribution in [3.63, 3.8) is 0 Å². The number of hydrogen-bond acceptors (Lipinski definition) is 4. The van der Waals surface area contributed by atoms with Crippen molar-refractivity contribution < 1.29 is 9.84 Å². The lowest BCUT2D eigenvalue weighted by Crippen LogP contribution is -2.22. The molecule has 152 valence electrons. The number of halogens is 1. The van der Waals surface area contributed by atoms with Crippen LogP contribution in [0.2, 0.25) is 5.02 Å². The summed E-state index contributed by atoms with van der Waals surface area (Å²) in [7, 11) is 1.72. The van der Waals surface area contributed by atoms with Crippen molar-refractivity contribution in [2.24, 2.45) is 5.92 Å². The van der Waals surface area contributed by atoms with E-state index in [1.165, 1.54) is 4.57 Å². The van der Waals surface area contributed by atoms with Gasteiger partial charge < -0.3 is 9.84 Å². The van der Waals surface area contributed by atoms with Gasteiger partial charge in [-0.25, -0.2) is 0 Å². The van der Waals surface area contributed by atoms with Crippen LogP contribution in [0.15, 0.2) is 35.1 Å². The molecule has 28 heavy (non-hydrogen) atoms. The molecule has 2 aromatic rings. The number of aromatic amines is 1. The summed E-state index contributed by atoms with van der Waals surface area (Å²) < 4.78 is 6.97. The van der Waals surface area contributed by atoms with Crippen molar-refractivity contribution in [1.29, 1.82) is 0 Å². The van der Waals surface area contributed by atoms with E-state index >= 15 is 0 Å². The van der Waals surface area contributed by atoms with Crippen molar-refractivity contribution in [3.05, 3.63) is 56.1 Å². The predicted molar refractivity (Wildman–Crippen MR) is 117 cm³/mol. The fraction of sp³-hybridized carbons (Fsp3) is 0.429. The number of allylic oxidation sites excluding steroid dienone is 1. The van der Waals surface area contributed by atoms with Gasteiger partial charge >= 0.3 is 0 Å². The molecule has 0 aliphatic carbocycles. The minimum absolute atomic E-state index is 0.122. The largest absolute Gasteiger partial charge is 0.494 e. The highest BCUT2D eigenvalue weighted by molar-refractivity contribution is 7.71. The van der Waals surface area contributed by atoms with Crippen molar-refractivity contribution in [1.82, 2.24) is 9.55 Å². The summed E-state index contributed by atoms with van der Waals surface area (Å²) in [5.41, 5.74) is 0.236. The molecule has 0 saturated heterocycles. The van der Waals surface area contributed by atoms with Crippen LogP contribution in [0, 0.1) is 10.7 Å². The Morgan fingerprint density at radius 3 is 2.61 bits per heavy atom. The van der Waals surface area contributed by atoms with Gasteiger partial charge in [0.1, 0.15) is 0 Å². The zero-order valence-corrected chi connectivity index (χ0v) is 18.2. The third kappa shape index (κ3) is 5.80. The van der Waals surface area contributed by atoms with Gasteiger partial charge in [0.05, 0.1) is 16.9 Å². The molecule has 1 aromatic carbocycles. The number of ether oxygens (including phenoxy) is 1. The van der Waals surface area contributed by atoms with Gasteiger partial charge in [-0.3, -0.25) is 14.3 Å². The molecule has 5 nitrogen and oxygen atoms in total. The van der Waals surface area contributed by atoms with E-state index in [4.69, 9.17) is 28.6 Å². The van der Waals surface area contributed by atoms with Gasteiger partial charge in [0.2, 0.25) is 5.88 Å². The van der Waals surface area contributed by atoms with Crippen molar-refractivity contribution >= 4 is 29.9 Å². The third-order valence-corrected chi connectivity index (χ3v) is 5.32. The van der Waals surface area contributed by atoms with E-state index in [9.17, 15) is 9.90 Å². The van der Waals surface area contributed by atoms with E-state index in [-0.39, 0.29) is 27.7 Å². The van der Waals surface area contributed by atoms with Gasteiger partial charge in [0.25, 0.3) is 5.56 Å². The molecule has 0 amide bonds. The van der Waals surface area contributed by atoms with E-state index in [0.29, 0.717) is 10.7 Å². The summed E-state index contributed by atoms with van der Waals surface area (Å²) in [6.07, 6.45) is 6.50. The van der Waals surface area contributed by atoms with Gasteiger partial charge in [-0.2, -0.15) is 0 Å². The molecular formula is C21H27ClN2O3S. The van der Waals surface area contributed by atoms with Gasteiger partial charge in [-0.15, -0.1) is 0 Å². The molecule has 7 heteroatoms. The highest BCUT2D eigenvalue weighted by Crippen LogP contribution is 2.23. The predicted octanol–water partition coefficient (Wildman–Crippen LogP) is 5.50. The maximum atomic E-state index is 12.3. The highest BCUT2D eigenvalue weighted by Gasteiger charge is 2.16. The molecule has 1 heterocycles. The van der Waals surface area contributed by atoms with E-state index < -0.39 is 5.56 Å². The first-order valence-corrected chi connectivity index (χ1v) is 10.0. The van der Waals surface area contributed by atoms with Crippen LogP contribution in [0.1, 0.15) is 45.6 Å². The average molecular weight is 423 g/mol. The third-order valence-electron chi connectivity index (χ3n) is 4.79. The monoisotopic (exact) mass is 422 g/mol. The fourth-order valence-electron chi connectivity index (χ4n) is 2.83. The molecule has 2 rings (SSSR count). The smallest absolute Gasteiger partial charge is 0.262 e. The second-order valence-electron chi connectivity index (χ2n) is 7.50. The maximum Gasteiger partial charge on any atom is 0.262 e. The molecule has 0 fully saturated rings. The molecule has 1 atom stereocenters. The second-order valence-corrected chi connectivity index (χ2v) is 8.32. The first kappa shape index (κ1) is 22.4. The molecule has 2 N–H and O–H groups in total. The standard InChI is InChI=1S/C21H27ClN2O3S/c1-14(6-5-13-21(2,3)27-4)7-12-17-18(25)23-20(28)24(19(17)26)16-10-8-15(22)9-11-16/h7-12,14,26H,5-6,13H2,1-4H3,(H,23,25,28). The van der Waals surface area contributed by atoms with E-state index in [0.717, 1.165) is 19.3 Å². The van der Waals surface area contributed by atoms with Gasteiger partial charge in [0, 0.05) is 12.1 Å². The lowest BCUT2D eigenvalue weighted by molar-refractivity contribution is 0.0130. The van der Waals surface area contributed by atoms with Crippen molar-refractivity contribution in [3.8, 4) is 11.6 Å².